The molecule has 1 aromatic carbocycles. The Morgan fingerprint density at radius 2 is 2.11 bits per heavy atom. The van der Waals surface area contributed by atoms with Gasteiger partial charge in [-0.25, -0.2) is 0 Å². The van der Waals surface area contributed by atoms with E-state index in [4.69, 9.17) is 23.2 Å². The number of halogens is 2. The van der Waals surface area contributed by atoms with Crippen LogP contribution < -0.4 is 10.2 Å². The zero-order valence-corrected chi connectivity index (χ0v) is 12.0. The number of anilines is 1. The summed E-state index contributed by atoms with van der Waals surface area (Å²) in [5, 5.41) is 14.7. The third-order valence-electron chi connectivity index (χ3n) is 3.32. The lowest BCUT2D eigenvalue weighted by atomic mass is 10.1. The number of rotatable bonds is 4. The Hall–Kier alpha value is -1.04. The van der Waals surface area contributed by atoms with E-state index in [1.165, 1.54) is 12.1 Å². The number of hydrogen-bond acceptors (Lipinski definition) is 4. The van der Waals surface area contributed by atoms with Crippen molar-refractivity contribution in [1.82, 2.24) is 5.32 Å². The van der Waals surface area contributed by atoms with E-state index in [0.29, 0.717) is 21.8 Å². The molecule has 0 radical (unpaired) electrons. The predicted octanol–water partition coefficient (Wildman–Crippen LogP) is 3.09. The molecule has 1 atom stereocenters. The van der Waals surface area contributed by atoms with Gasteiger partial charge < -0.3 is 10.2 Å². The van der Waals surface area contributed by atoms with E-state index >= 15 is 0 Å². The fourth-order valence-electron chi connectivity index (χ4n) is 2.44. The second kappa shape index (κ2) is 5.94. The molecule has 1 unspecified atom stereocenters. The molecule has 1 N–H and O–H groups in total. The summed E-state index contributed by atoms with van der Waals surface area (Å²) in [6.07, 6.45) is 1.01. The summed E-state index contributed by atoms with van der Waals surface area (Å²) in [7, 11) is 0. The smallest absolute Gasteiger partial charge is 0.272 e. The molecule has 0 amide bonds. The molecule has 7 heteroatoms. The van der Waals surface area contributed by atoms with E-state index < -0.39 is 4.92 Å². The number of benzene rings is 1. The van der Waals surface area contributed by atoms with Crippen LogP contribution in [0.1, 0.15) is 13.3 Å². The zero-order chi connectivity index (χ0) is 14.0. The normalized spacial score (nSPS) is 18.6. The second-order valence-electron chi connectivity index (χ2n) is 4.45. The van der Waals surface area contributed by atoms with Crippen LogP contribution in [0.4, 0.5) is 11.4 Å². The van der Waals surface area contributed by atoms with Gasteiger partial charge in [-0.3, -0.25) is 10.1 Å². The van der Waals surface area contributed by atoms with Crippen molar-refractivity contribution in [2.45, 2.75) is 19.4 Å². The van der Waals surface area contributed by atoms with Crippen LogP contribution in [0.3, 0.4) is 0 Å². The van der Waals surface area contributed by atoms with Crippen molar-refractivity contribution in [3.05, 3.63) is 32.3 Å². The lowest BCUT2D eigenvalue weighted by Gasteiger charge is -2.30. The molecule has 1 aromatic rings. The maximum Gasteiger partial charge on any atom is 0.272 e. The Labute approximate surface area is 121 Å². The quantitative estimate of drug-likeness (QED) is 0.686. The molecular weight excluding hydrogens is 289 g/mol. The van der Waals surface area contributed by atoms with Gasteiger partial charge in [-0.15, -0.1) is 0 Å². The Morgan fingerprint density at radius 3 is 2.53 bits per heavy atom. The summed E-state index contributed by atoms with van der Waals surface area (Å²) in [4.78, 5) is 12.4. The van der Waals surface area contributed by atoms with Crippen molar-refractivity contribution in [2.24, 2.45) is 0 Å². The fourth-order valence-corrected chi connectivity index (χ4v) is 3.13. The van der Waals surface area contributed by atoms with Gasteiger partial charge in [0.05, 0.1) is 20.7 Å². The molecule has 0 spiro atoms. The molecule has 1 aliphatic heterocycles. The van der Waals surface area contributed by atoms with Crippen molar-refractivity contribution < 1.29 is 4.92 Å². The Bertz CT molecular complexity index is 467. The highest BCUT2D eigenvalue weighted by atomic mass is 35.5. The minimum absolute atomic E-state index is 0.0839. The van der Waals surface area contributed by atoms with E-state index in [9.17, 15) is 10.1 Å². The number of hydrogen-bond donors (Lipinski definition) is 1. The van der Waals surface area contributed by atoms with Gasteiger partial charge in [-0.05, 0) is 19.9 Å². The van der Waals surface area contributed by atoms with Gasteiger partial charge >= 0.3 is 0 Å². The molecular formula is C12H15Cl2N3O2. The summed E-state index contributed by atoms with van der Waals surface area (Å²) in [5.74, 6) is 0. The van der Waals surface area contributed by atoms with Gasteiger partial charge in [0.25, 0.3) is 5.69 Å². The molecule has 104 valence electrons. The molecule has 0 saturated carbocycles. The third kappa shape index (κ3) is 2.94. The topological polar surface area (TPSA) is 58.4 Å². The number of nitro benzene ring substituents is 1. The van der Waals surface area contributed by atoms with E-state index in [-0.39, 0.29) is 5.69 Å². The van der Waals surface area contributed by atoms with Crippen molar-refractivity contribution in [1.29, 1.82) is 0 Å². The van der Waals surface area contributed by atoms with E-state index in [1.54, 1.807) is 0 Å². The number of non-ortho nitro benzene ring substituents is 1. The first-order chi connectivity index (χ1) is 9.04. The molecule has 19 heavy (non-hydrogen) atoms. The van der Waals surface area contributed by atoms with Crippen LogP contribution in [0.2, 0.25) is 10.0 Å². The van der Waals surface area contributed by atoms with Crippen molar-refractivity contribution in [3.63, 3.8) is 0 Å². The molecule has 2 rings (SSSR count). The maximum atomic E-state index is 10.8. The minimum Gasteiger partial charge on any atom is -0.365 e. The first kappa shape index (κ1) is 14.4. The van der Waals surface area contributed by atoms with Crippen LogP contribution in [-0.4, -0.2) is 30.6 Å². The van der Waals surface area contributed by atoms with Gasteiger partial charge in [0.1, 0.15) is 0 Å². The number of nitro groups is 1. The average Bonchev–Trinajstić information content (AvgIpc) is 2.86. The number of nitrogens with one attached hydrogen (secondary N) is 1. The minimum atomic E-state index is -0.491. The van der Waals surface area contributed by atoms with E-state index in [2.05, 4.69) is 10.2 Å². The van der Waals surface area contributed by atoms with E-state index in [1.807, 2.05) is 6.92 Å². The lowest BCUT2D eigenvalue weighted by molar-refractivity contribution is -0.384. The van der Waals surface area contributed by atoms with Gasteiger partial charge in [-0.2, -0.15) is 0 Å². The molecule has 5 nitrogen and oxygen atoms in total. The van der Waals surface area contributed by atoms with E-state index in [0.717, 1.165) is 26.1 Å². The van der Waals surface area contributed by atoms with Crippen molar-refractivity contribution in [3.8, 4) is 0 Å². The first-order valence-corrected chi connectivity index (χ1v) is 6.91. The Kier molecular flexibility index (Phi) is 4.50. The van der Waals surface area contributed by atoms with Crippen LogP contribution in [-0.2, 0) is 0 Å². The SMILES string of the molecule is CCN(c1c(Cl)cc([N+](=O)[O-])cc1Cl)C1CCNC1. The molecule has 1 aliphatic rings. The molecule has 0 aromatic heterocycles. The summed E-state index contributed by atoms with van der Waals surface area (Å²) < 4.78 is 0. The highest BCUT2D eigenvalue weighted by molar-refractivity contribution is 6.39. The number of likely N-dealkylation sites (N-methyl/N-ethyl adjacent to an activating group) is 1. The summed E-state index contributed by atoms with van der Waals surface area (Å²) >= 11 is 12.4. The highest BCUT2D eigenvalue weighted by Gasteiger charge is 2.26. The van der Waals surface area contributed by atoms with Crippen LogP contribution in [0.15, 0.2) is 12.1 Å². The highest BCUT2D eigenvalue weighted by Crippen LogP contribution is 2.38. The number of nitrogens with zero attached hydrogens (tertiary/aromatic N) is 2. The molecule has 0 bridgehead atoms. The van der Waals surface area contributed by atoms with Gasteiger partial charge in [-0.1, -0.05) is 23.2 Å². The predicted molar refractivity (Wildman–Crippen MR) is 77.4 cm³/mol. The monoisotopic (exact) mass is 303 g/mol. The average molecular weight is 304 g/mol. The molecule has 1 fully saturated rings. The standard InChI is InChI=1S/C12H15Cl2N3O2/c1-2-16(8-3-4-15-7-8)12-10(13)5-9(17(18)19)6-11(12)14/h5-6,8,15H,2-4,7H2,1H3. The Morgan fingerprint density at radius 1 is 1.47 bits per heavy atom. The lowest BCUT2D eigenvalue weighted by Crippen LogP contribution is -2.37. The van der Waals surface area contributed by atoms with Crippen molar-refractivity contribution >= 4 is 34.6 Å². The van der Waals surface area contributed by atoms with Crippen LogP contribution >= 0.6 is 23.2 Å². The summed E-state index contributed by atoms with van der Waals surface area (Å²) in [6.45, 7) is 4.61. The second-order valence-corrected chi connectivity index (χ2v) is 5.26. The van der Waals surface area contributed by atoms with Gasteiger partial charge in [0, 0.05) is 31.3 Å². The van der Waals surface area contributed by atoms with Crippen LogP contribution in [0.5, 0.6) is 0 Å². The van der Waals surface area contributed by atoms with Gasteiger partial charge in [0.15, 0.2) is 0 Å². The molecule has 1 heterocycles. The largest absolute Gasteiger partial charge is 0.365 e. The van der Waals surface area contributed by atoms with Crippen molar-refractivity contribution in [2.75, 3.05) is 24.5 Å². The van der Waals surface area contributed by atoms with Crippen LogP contribution in [0, 0.1) is 10.1 Å². The first-order valence-electron chi connectivity index (χ1n) is 6.15. The third-order valence-corrected chi connectivity index (χ3v) is 3.89. The van der Waals surface area contributed by atoms with Crippen LogP contribution in [0.25, 0.3) is 0 Å². The zero-order valence-electron chi connectivity index (χ0n) is 10.5. The Balaban J connectivity index is 2.39. The molecule has 1 saturated heterocycles. The summed E-state index contributed by atoms with van der Waals surface area (Å²) in [5.41, 5.74) is 0.601. The summed E-state index contributed by atoms with van der Waals surface area (Å²) in [6, 6.07) is 3.03. The van der Waals surface area contributed by atoms with Gasteiger partial charge in [0.2, 0.25) is 0 Å². The maximum absolute atomic E-state index is 10.8. The molecule has 0 aliphatic carbocycles. The fraction of sp³-hybridized carbons (Fsp3) is 0.500.